The van der Waals surface area contributed by atoms with Crippen molar-refractivity contribution in [1.82, 2.24) is 9.97 Å². The number of hydrogen-bond donors (Lipinski definition) is 2. The molecule has 0 saturated heterocycles. The lowest BCUT2D eigenvalue weighted by atomic mass is 9.86. The number of aryl methyl sites for hydroxylation is 3. The van der Waals surface area contributed by atoms with E-state index >= 15 is 0 Å². The number of benzene rings is 3. The molecule has 3 aliphatic heterocycles. The summed E-state index contributed by atoms with van der Waals surface area (Å²) >= 11 is 0. The Bertz CT molecular complexity index is 2180. The summed E-state index contributed by atoms with van der Waals surface area (Å²) in [6.45, 7) is 6.32. The van der Waals surface area contributed by atoms with Crippen LogP contribution in [0.2, 0.25) is 0 Å². The summed E-state index contributed by atoms with van der Waals surface area (Å²) < 4.78 is 6.58. The Morgan fingerprint density at radius 3 is 1.59 bits per heavy atom. The molecule has 8 bridgehead atoms. The van der Waals surface area contributed by atoms with Gasteiger partial charge in [-0.05, 0) is 86.0 Å². The Morgan fingerprint density at radius 2 is 0.978 bits per heavy atom. The van der Waals surface area contributed by atoms with E-state index in [0.29, 0.717) is 0 Å². The molecule has 5 heteroatoms. The number of allylic oxidation sites excluding steroid dienone is 5. The number of aromatic nitrogens is 2. The summed E-state index contributed by atoms with van der Waals surface area (Å²) in [5.74, 6) is 0. The smallest absolute Gasteiger partial charge is 0.172 e. The van der Waals surface area contributed by atoms with Crippen molar-refractivity contribution in [2.75, 3.05) is 7.11 Å². The number of aromatic amines is 2. The van der Waals surface area contributed by atoms with Crippen LogP contribution < -0.4 is 0 Å². The molecule has 3 aromatic carbocycles. The van der Waals surface area contributed by atoms with E-state index in [2.05, 4.69) is 152 Å². The van der Waals surface area contributed by atoms with Crippen molar-refractivity contribution in [3.63, 3.8) is 0 Å². The minimum absolute atomic E-state index is 0.862. The fourth-order valence-electron chi connectivity index (χ4n) is 6.68. The second-order valence-electron chi connectivity index (χ2n) is 12.2. The number of aliphatic imine (C=N–C) groups is 2. The third-order valence-corrected chi connectivity index (χ3v) is 9.17. The number of methoxy groups -OCH3 is 1. The average molecular weight is 599 g/mol. The zero-order valence-electron chi connectivity index (χ0n) is 26.3. The lowest BCUT2D eigenvalue weighted by Crippen LogP contribution is -2.32. The van der Waals surface area contributed by atoms with E-state index in [-0.39, 0.29) is 0 Å². The molecule has 3 aliphatic rings. The monoisotopic (exact) mass is 598 g/mol. The van der Waals surface area contributed by atoms with Crippen LogP contribution >= 0.6 is 0 Å². The predicted molar refractivity (Wildman–Crippen MR) is 187 cm³/mol. The molecule has 0 fully saturated rings. The summed E-state index contributed by atoms with van der Waals surface area (Å²) in [6, 6.07) is 34.3. The first-order chi connectivity index (χ1) is 22.4. The van der Waals surface area contributed by atoms with Crippen LogP contribution in [0.15, 0.2) is 143 Å². The van der Waals surface area contributed by atoms with E-state index in [1.165, 1.54) is 16.7 Å². The molecular formula is C41H34N4O. The molecule has 46 heavy (non-hydrogen) atoms. The number of fused-ring (bicyclic) bond motifs is 7. The minimum atomic E-state index is -0.929. The van der Waals surface area contributed by atoms with Gasteiger partial charge >= 0.3 is 0 Å². The Balaban J connectivity index is 1.45. The first-order valence-electron chi connectivity index (χ1n) is 15.6. The fraction of sp³-hybridized carbons (Fsp3) is 0.122. The van der Waals surface area contributed by atoms with Crippen molar-refractivity contribution in [2.24, 2.45) is 9.98 Å². The highest BCUT2D eigenvalue weighted by atomic mass is 16.5. The van der Waals surface area contributed by atoms with Gasteiger partial charge < -0.3 is 14.7 Å². The van der Waals surface area contributed by atoms with E-state index < -0.39 is 5.60 Å². The molecule has 1 atom stereocenters. The van der Waals surface area contributed by atoms with Gasteiger partial charge in [-0.15, -0.1) is 0 Å². The van der Waals surface area contributed by atoms with E-state index in [1.807, 2.05) is 0 Å². The van der Waals surface area contributed by atoms with Gasteiger partial charge in [0.15, 0.2) is 5.60 Å². The van der Waals surface area contributed by atoms with E-state index in [0.717, 1.165) is 73.4 Å². The van der Waals surface area contributed by atoms with E-state index in [1.54, 1.807) is 7.11 Å². The summed E-state index contributed by atoms with van der Waals surface area (Å²) in [5.41, 5.74) is 15.1. The quantitative estimate of drug-likeness (QED) is 0.213. The average Bonchev–Trinajstić information content (AvgIpc) is 3.90. The molecule has 0 spiro atoms. The summed E-state index contributed by atoms with van der Waals surface area (Å²) in [6.07, 6.45) is 8.40. The number of ether oxygens (including phenoxy) is 1. The third-order valence-electron chi connectivity index (χ3n) is 9.17. The van der Waals surface area contributed by atoms with Crippen molar-refractivity contribution in [1.29, 1.82) is 0 Å². The molecule has 8 rings (SSSR count). The van der Waals surface area contributed by atoms with Gasteiger partial charge in [-0.3, -0.25) is 0 Å². The molecule has 1 unspecified atom stereocenters. The van der Waals surface area contributed by atoms with Gasteiger partial charge in [0.25, 0.3) is 0 Å². The molecule has 2 aromatic heterocycles. The Morgan fingerprint density at radius 1 is 0.500 bits per heavy atom. The van der Waals surface area contributed by atoms with Crippen molar-refractivity contribution in [3.8, 4) is 0 Å². The van der Waals surface area contributed by atoms with E-state index in [4.69, 9.17) is 14.7 Å². The molecule has 2 N–H and O–H groups in total. The van der Waals surface area contributed by atoms with Gasteiger partial charge in [0, 0.05) is 23.9 Å². The molecular weight excluding hydrogens is 564 g/mol. The lowest BCUT2D eigenvalue weighted by Gasteiger charge is -2.32. The van der Waals surface area contributed by atoms with Gasteiger partial charge in [0.05, 0.1) is 39.9 Å². The number of rotatable bonds is 4. The van der Waals surface area contributed by atoms with Crippen LogP contribution in [-0.4, -0.2) is 28.5 Å². The van der Waals surface area contributed by atoms with Gasteiger partial charge in [0.2, 0.25) is 0 Å². The minimum Gasteiger partial charge on any atom is -0.361 e. The van der Waals surface area contributed by atoms with Gasteiger partial charge in [-0.25, -0.2) is 9.98 Å². The van der Waals surface area contributed by atoms with E-state index in [9.17, 15) is 0 Å². The zero-order valence-corrected chi connectivity index (χ0v) is 26.3. The first kappa shape index (κ1) is 28.0. The van der Waals surface area contributed by atoms with Crippen molar-refractivity contribution < 1.29 is 4.74 Å². The van der Waals surface area contributed by atoms with Crippen molar-refractivity contribution in [3.05, 3.63) is 189 Å². The molecule has 0 saturated carbocycles. The van der Waals surface area contributed by atoms with Crippen LogP contribution in [0, 0.1) is 20.8 Å². The predicted octanol–water partition coefficient (Wildman–Crippen LogP) is 8.76. The second kappa shape index (κ2) is 10.8. The highest BCUT2D eigenvalue weighted by Gasteiger charge is 2.40. The summed E-state index contributed by atoms with van der Waals surface area (Å²) in [5, 5.41) is 0. The van der Waals surface area contributed by atoms with Crippen LogP contribution in [0.3, 0.4) is 0 Å². The number of nitrogens with one attached hydrogen (secondary N) is 2. The summed E-state index contributed by atoms with van der Waals surface area (Å²) in [4.78, 5) is 18.0. The molecule has 5 nitrogen and oxygen atoms in total. The SMILES string of the molecule is COC1(c2ccc(C)cc2)c2ccc([nH]2)C2=N/C(=C(/c3ccc(C)cc3)C3=N/C(=C(/c4ccc(C)cc4)c4ccc1[nH]4)C=C3)C=C2. The maximum atomic E-state index is 6.58. The van der Waals surface area contributed by atoms with Crippen LogP contribution in [0.4, 0.5) is 0 Å². The number of hydrogen-bond acceptors (Lipinski definition) is 3. The van der Waals surface area contributed by atoms with Crippen LogP contribution in [0.5, 0.6) is 0 Å². The van der Waals surface area contributed by atoms with Gasteiger partial charge in [-0.1, -0.05) is 89.5 Å². The number of H-pyrrole nitrogens is 2. The standard InChI is InChI=1S/C41H34N4O/c1-25-5-11-28(12-6-25)39-33-18-17-31(42-33)32-21-23-37(44-32)41(46-4,30-15-9-27(3)10-16-30)38-24-22-36(45-38)40(35-20-19-34(39)43-35)29-13-7-26(2)8-14-29/h5-24,44-45H,1-4H3/b39-33-,40-35-. The van der Waals surface area contributed by atoms with Crippen molar-refractivity contribution >= 4 is 22.6 Å². The maximum absolute atomic E-state index is 6.58. The maximum Gasteiger partial charge on any atom is 0.172 e. The molecule has 224 valence electrons. The van der Waals surface area contributed by atoms with Crippen LogP contribution in [0.1, 0.15) is 56.2 Å². The highest BCUT2D eigenvalue weighted by Crippen LogP contribution is 2.42. The zero-order chi connectivity index (χ0) is 31.4. The third kappa shape index (κ3) is 4.51. The van der Waals surface area contributed by atoms with Gasteiger partial charge in [0.1, 0.15) is 0 Å². The van der Waals surface area contributed by atoms with Crippen molar-refractivity contribution in [2.45, 2.75) is 26.4 Å². The van der Waals surface area contributed by atoms with Crippen LogP contribution in [0.25, 0.3) is 11.1 Å². The van der Waals surface area contributed by atoms with Gasteiger partial charge in [-0.2, -0.15) is 0 Å². The molecule has 5 heterocycles. The largest absolute Gasteiger partial charge is 0.361 e. The van der Waals surface area contributed by atoms with Crippen LogP contribution in [-0.2, 0) is 10.3 Å². The summed E-state index contributed by atoms with van der Waals surface area (Å²) in [7, 11) is 1.77. The Kier molecular flexibility index (Phi) is 6.59. The highest BCUT2D eigenvalue weighted by molar-refractivity contribution is 6.32. The topological polar surface area (TPSA) is 65.5 Å². The molecule has 0 radical (unpaired) electrons. The first-order valence-corrected chi connectivity index (χ1v) is 15.6. The molecule has 0 amide bonds. The lowest BCUT2D eigenvalue weighted by molar-refractivity contribution is 0.0519. The second-order valence-corrected chi connectivity index (χ2v) is 12.2. The Hall–Kier alpha value is -5.52. The molecule has 0 aliphatic carbocycles. The molecule has 5 aromatic rings. The normalized spacial score (nSPS) is 21.7. The number of nitrogens with zero attached hydrogens (tertiary/aromatic N) is 2. The fourth-order valence-corrected chi connectivity index (χ4v) is 6.68. The Labute approximate surface area is 269 Å².